The second kappa shape index (κ2) is 13.2. The Morgan fingerprint density at radius 3 is 1.02 bits per heavy atom. The van der Waals surface area contributed by atoms with Crippen LogP contribution in [0.25, 0.3) is 0 Å². The maximum Gasteiger partial charge on any atom is 0.123 e. The van der Waals surface area contributed by atoms with Gasteiger partial charge in [-0.05, 0) is 61.5 Å². The monoisotopic (exact) mass is 558 g/mol. The Kier molecular flexibility index (Phi) is 10.9. The fraction of sp³-hybridized carbons (Fsp3) is 0.568. The van der Waals surface area contributed by atoms with Gasteiger partial charge in [-0.25, -0.2) is 0 Å². The Labute approximate surface area is 250 Å². The lowest BCUT2D eigenvalue weighted by atomic mass is 9.78. The molecule has 224 valence electrons. The molecular weight excluding hydrogens is 504 g/mol. The molecule has 0 heterocycles. The van der Waals surface area contributed by atoms with Crippen molar-refractivity contribution in [1.29, 1.82) is 0 Å². The zero-order valence-corrected chi connectivity index (χ0v) is 27.7. The highest BCUT2D eigenvalue weighted by molar-refractivity contribution is 5.51. The number of phenolic OH excluding ortho intramolecular Hbond substituents is 2. The van der Waals surface area contributed by atoms with E-state index >= 15 is 0 Å². The fourth-order valence-electron chi connectivity index (χ4n) is 4.69. The summed E-state index contributed by atoms with van der Waals surface area (Å²) in [5.41, 5.74) is 5.56. The molecule has 2 rings (SSSR count). The predicted molar refractivity (Wildman–Crippen MR) is 175 cm³/mol. The maximum atomic E-state index is 10.9. The van der Waals surface area contributed by atoms with Gasteiger partial charge in [-0.3, -0.25) is 0 Å². The summed E-state index contributed by atoms with van der Waals surface area (Å²) in [6.07, 6.45) is 2.18. The minimum absolute atomic E-state index is 0.142. The third kappa shape index (κ3) is 9.97. The molecule has 0 unspecified atom stereocenters. The van der Waals surface area contributed by atoms with Crippen LogP contribution in [-0.2, 0) is 34.5 Å². The molecule has 0 radical (unpaired) electrons. The molecule has 0 saturated carbocycles. The molecular formula is C37H54N2O2. The Bertz CT molecular complexity index is 1140. The number of hydrogen-bond donors (Lipinski definition) is 4. The van der Waals surface area contributed by atoms with Crippen LogP contribution in [0.5, 0.6) is 11.5 Å². The van der Waals surface area contributed by atoms with Crippen LogP contribution < -0.4 is 10.6 Å². The highest BCUT2D eigenvalue weighted by atomic mass is 16.3. The van der Waals surface area contributed by atoms with Crippen molar-refractivity contribution in [3.8, 4) is 35.4 Å². The lowest BCUT2D eigenvalue weighted by molar-refractivity contribution is 0.422. The van der Waals surface area contributed by atoms with Crippen LogP contribution in [0.1, 0.15) is 123 Å². The van der Waals surface area contributed by atoms with E-state index in [9.17, 15) is 10.2 Å². The number of aromatic hydroxyl groups is 2. The van der Waals surface area contributed by atoms with E-state index in [4.69, 9.17) is 0 Å². The van der Waals surface area contributed by atoms with E-state index < -0.39 is 0 Å². The molecule has 0 aliphatic heterocycles. The van der Waals surface area contributed by atoms with Crippen LogP contribution in [0.2, 0.25) is 0 Å². The van der Waals surface area contributed by atoms with Crippen LogP contribution in [0.15, 0.2) is 24.3 Å². The van der Waals surface area contributed by atoms with Gasteiger partial charge in [0.25, 0.3) is 0 Å². The minimum Gasteiger partial charge on any atom is -0.507 e. The van der Waals surface area contributed by atoms with Crippen molar-refractivity contribution in [3.63, 3.8) is 0 Å². The van der Waals surface area contributed by atoms with E-state index in [1.807, 2.05) is 0 Å². The largest absolute Gasteiger partial charge is 0.507 e. The first-order valence-electron chi connectivity index (χ1n) is 14.9. The minimum atomic E-state index is -0.142. The molecule has 4 N–H and O–H groups in total. The smallest absolute Gasteiger partial charge is 0.123 e. The molecule has 2 aromatic carbocycles. The van der Waals surface area contributed by atoms with Crippen LogP contribution in [-0.4, -0.2) is 23.3 Å². The van der Waals surface area contributed by atoms with E-state index in [1.54, 1.807) is 0 Å². The van der Waals surface area contributed by atoms with Gasteiger partial charge in [0.2, 0.25) is 0 Å². The second-order valence-corrected chi connectivity index (χ2v) is 15.2. The summed E-state index contributed by atoms with van der Waals surface area (Å²) in [5.74, 6) is 7.28. The number of rotatable bonds is 6. The Morgan fingerprint density at radius 2 is 0.780 bits per heavy atom. The standard InChI is InChI=1S/C37H54N2O2/c1-34(2,3)28-22-26(23-29(32(28)40)35(4,5)6)16-13-18-38-20-15-21-39-19-14-17-27-24-30(36(7,8)9)33(41)31(25-27)37(10,11)12/h22-25,38-41H,15-17,20-21H2,1-12H3. The number of nitrogens with one attached hydrogen (secondary N) is 2. The summed E-state index contributed by atoms with van der Waals surface area (Å²) in [6.45, 7) is 27.1. The lowest BCUT2D eigenvalue weighted by Crippen LogP contribution is -2.18. The quantitative estimate of drug-likeness (QED) is 0.168. The van der Waals surface area contributed by atoms with E-state index in [0.29, 0.717) is 24.3 Å². The second-order valence-electron chi connectivity index (χ2n) is 15.2. The number of hydrogen-bond acceptors (Lipinski definition) is 4. The fourth-order valence-corrected chi connectivity index (χ4v) is 4.69. The molecule has 4 heteroatoms. The van der Waals surface area contributed by atoms with Crippen LogP contribution in [0.4, 0.5) is 0 Å². The van der Waals surface area contributed by atoms with Gasteiger partial charge in [0.05, 0.1) is 0 Å². The van der Waals surface area contributed by atoms with Gasteiger partial charge >= 0.3 is 0 Å². The van der Waals surface area contributed by atoms with Gasteiger partial charge in [0.15, 0.2) is 0 Å². The molecule has 2 aromatic rings. The zero-order chi connectivity index (χ0) is 31.2. The van der Waals surface area contributed by atoms with Crippen molar-refractivity contribution in [2.24, 2.45) is 0 Å². The van der Waals surface area contributed by atoms with Gasteiger partial charge in [0.1, 0.15) is 11.5 Å². The highest BCUT2D eigenvalue weighted by Gasteiger charge is 2.27. The number of benzene rings is 2. The summed E-state index contributed by atoms with van der Waals surface area (Å²) in [7, 11) is 0. The van der Waals surface area contributed by atoms with Crippen molar-refractivity contribution in [2.75, 3.05) is 13.1 Å². The van der Waals surface area contributed by atoms with E-state index in [2.05, 4.69) is 142 Å². The van der Waals surface area contributed by atoms with Gasteiger partial charge in [-0.1, -0.05) is 119 Å². The highest BCUT2D eigenvalue weighted by Crippen LogP contribution is 2.41. The van der Waals surface area contributed by atoms with Crippen molar-refractivity contribution in [3.05, 3.63) is 57.6 Å². The van der Waals surface area contributed by atoms with Crippen LogP contribution in [0.3, 0.4) is 0 Å². The van der Waals surface area contributed by atoms with Gasteiger partial charge in [-0.15, -0.1) is 0 Å². The summed E-state index contributed by atoms with van der Waals surface area (Å²) < 4.78 is 0. The zero-order valence-electron chi connectivity index (χ0n) is 27.7. The third-order valence-electron chi connectivity index (χ3n) is 7.11. The molecule has 0 aromatic heterocycles. The Morgan fingerprint density at radius 1 is 0.512 bits per heavy atom. The van der Waals surface area contributed by atoms with Gasteiger partial charge in [-0.2, -0.15) is 0 Å². The van der Waals surface area contributed by atoms with Crippen molar-refractivity contribution in [2.45, 2.75) is 124 Å². The molecule has 0 bridgehead atoms. The maximum absolute atomic E-state index is 10.9. The average molecular weight is 559 g/mol. The Balaban J connectivity index is 1.89. The molecule has 0 fully saturated rings. The first-order chi connectivity index (χ1) is 18.7. The van der Waals surface area contributed by atoms with E-state index in [1.165, 1.54) is 0 Å². The molecule has 0 saturated heterocycles. The van der Waals surface area contributed by atoms with Crippen molar-refractivity contribution in [1.82, 2.24) is 10.6 Å². The average Bonchev–Trinajstić information content (AvgIpc) is 2.81. The predicted octanol–water partition coefficient (Wildman–Crippen LogP) is 7.56. The summed E-state index contributed by atoms with van der Waals surface area (Å²) in [4.78, 5) is 0. The SMILES string of the molecule is CC(C)(C)c1cc(CC#CNCCCNC#CCc2cc(C(C)(C)C)c(O)c(C(C)(C)C)c2)cc(C(C)(C)C)c1O. The summed E-state index contributed by atoms with van der Waals surface area (Å²) >= 11 is 0. The third-order valence-corrected chi connectivity index (χ3v) is 7.11. The topological polar surface area (TPSA) is 64.5 Å². The van der Waals surface area contributed by atoms with E-state index in [-0.39, 0.29) is 21.7 Å². The Hall–Kier alpha value is -3.24. The van der Waals surface area contributed by atoms with Crippen LogP contribution >= 0.6 is 0 Å². The van der Waals surface area contributed by atoms with Crippen molar-refractivity contribution >= 4 is 0 Å². The molecule has 0 aliphatic rings. The molecule has 0 aliphatic carbocycles. The van der Waals surface area contributed by atoms with E-state index in [0.717, 1.165) is 52.9 Å². The molecule has 0 amide bonds. The number of phenols is 2. The van der Waals surface area contributed by atoms with Gasteiger partial charge < -0.3 is 20.8 Å². The summed E-state index contributed by atoms with van der Waals surface area (Å²) in [6, 6.07) is 14.5. The van der Waals surface area contributed by atoms with Crippen molar-refractivity contribution < 1.29 is 10.2 Å². The molecule has 4 nitrogen and oxygen atoms in total. The molecule has 41 heavy (non-hydrogen) atoms. The lowest BCUT2D eigenvalue weighted by Gasteiger charge is -2.28. The van der Waals surface area contributed by atoms with Crippen LogP contribution in [0, 0.1) is 23.9 Å². The van der Waals surface area contributed by atoms with Gasteiger partial charge in [0, 0.05) is 38.0 Å². The summed E-state index contributed by atoms with van der Waals surface area (Å²) in [5, 5.41) is 28.2. The first kappa shape index (κ1) is 34.0. The molecule has 0 spiro atoms. The molecule has 0 atom stereocenters. The normalized spacial score (nSPS) is 12.2. The first-order valence-corrected chi connectivity index (χ1v) is 14.9.